The van der Waals surface area contributed by atoms with E-state index in [9.17, 15) is 13.2 Å². The minimum Gasteiger partial charge on any atom is -0.375 e. The molecule has 102 valence electrons. The van der Waals surface area contributed by atoms with Gasteiger partial charge in [-0.05, 0) is 18.4 Å². The molecule has 0 saturated heterocycles. The van der Waals surface area contributed by atoms with E-state index in [1.165, 1.54) is 7.11 Å². The molecule has 0 aromatic heterocycles. The SMILES string of the molecule is COC(c1ccccc1)C(N)CCCC(F)(F)F. The number of ether oxygens (including phenoxy) is 1. The first-order valence-corrected chi connectivity index (χ1v) is 5.84. The van der Waals surface area contributed by atoms with E-state index in [2.05, 4.69) is 0 Å². The Morgan fingerprint density at radius 2 is 1.83 bits per heavy atom. The number of alkyl halides is 3. The molecule has 1 aromatic rings. The molecule has 0 fully saturated rings. The van der Waals surface area contributed by atoms with E-state index in [-0.39, 0.29) is 18.9 Å². The molecule has 0 amide bonds. The molecular weight excluding hydrogens is 243 g/mol. The van der Waals surface area contributed by atoms with Gasteiger partial charge in [-0.25, -0.2) is 0 Å². The predicted molar refractivity (Wildman–Crippen MR) is 64.1 cm³/mol. The summed E-state index contributed by atoms with van der Waals surface area (Å²) in [6.45, 7) is 0. The average Bonchev–Trinajstić information content (AvgIpc) is 2.29. The van der Waals surface area contributed by atoms with E-state index in [0.717, 1.165) is 5.56 Å². The van der Waals surface area contributed by atoms with Gasteiger partial charge in [0.15, 0.2) is 0 Å². The molecular formula is C13H18F3NO. The van der Waals surface area contributed by atoms with Crippen molar-refractivity contribution in [1.82, 2.24) is 0 Å². The van der Waals surface area contributed by atoms with Gasteiger partial charge >= 0.3 is 6.18 Å². The zero-order chi connectivity index (χ0) is 13.6. The fraction of sp³-hybridized carbons (Fsp3) is 0.538. The molecule has 0 aliphatic rings. The van der Waals surface area contributed by atoms with Crippen LogP contribution in [0.1, 0.15) is 30.9 Å². The molecule has 2 unspecified atom stereocenters. The van der Waals surface area contributed by atoms with Crippen LogP contribution in [0, 0.1) is 0 Å². The zero-order valence-corrected chi connectivity index (χ0v) is 10.3. The zero-order valence-electron chi connectivity index (χ0n) is 10.3. The number of nitrogens with two attached hydrogens (primary N) is 1. The lowest BCUT2D eigenvalue weighted by molar-refractivity contribution is -0.136. The summed E-state index contributed by atoms with van der Waals surface area (Å²) in [4.78, 5) is 0. The van der Waals surface area contributed by atoms with Crippen LogP contribution in [0.3, 0.4) is 0 Å². The number of rotatable bonds is 6. The van der Waals surface area contributed by atoms with Crippen LogP contribution in [-0.2, 0) is 4.74 Å². The van der Waals surface area contributed by atoms with Crippen molar-refractivity contribution < 1.29 is 17.9 Å². The van der Waals surface area contributed by atoms with Crippen LogP contribution < -0.4 is 5.73 Å². The molecule has 0 radical (unpaired) electrons. The summed E-state index contributed by atoms with van der Waals surface area (Å²) in [7, 11) is 1.52. The van der Waals surface area contributed by atoms with Crippen LogP contribution in [0.4, 0.5) is 13.2 Å². The summed E-state index contributed by atoms with van der Waals surface area (Å²) in [5.74, 6) is 0. The standard InChI is InChI=1S/C13H18F3NO/c1-18-12(10-6-3-2-4-7-10)11(17)8-5-9-13(14,15)16/h2-4,6-7,11-12H,5,8-9,17H2,1H3. The van der Waals surface area contributed by atoms with Crippen LogP contribution in [-0.4, -0.2) is 19.3 Å². The highest BCUT2D eigenvalue weighted by molar-refractivity contribution is 5.19. The van der Waals surface area contributed by atoms with Gasteiger partial charge in [-0.1, -0.05) is 30.3 Å². The summed E-state index contributed by atoms with van der Waals surface area (Å²) in [6, 6.07) is 8.86. The van der Waals surface area contributed by atoms with Gasteiger partial charge in [0.2, 0.25) is 0 Å². The van der Waals surface area contributed by atoms with Crippen molar-refractivity contribution in [1.29, 1.82) is 0 Å². The Balaban J connectivity index is 2.51. The summed E-state index contributed by atoms with van der Waals surface area (Å²) >= 11 is 0. The maximum atomic E-state index is 12.0. The Hall–Kier alpha value is -1.07. The molecule has 0 heterocycles. The van der Waals surface area contributed by atoms with Gasteiger partial charge in [-0.3, -0.25) is 0 Å². The van der Waals surface area contributed by atoms with Crippen molar-refractivity contribution in [2.24, 2.45) is 5.73 Å². The molecule has 0 aliphatic heterocycles. The van der Waals surface area contributed by atoms with Gasteiger partial charge in [-0.2, -0.15) is 13.2 Å². The summed E-state index contributed by atoms with van der Waals surface area (Å²) in [5.41, 5.74) is 6.79. The number of hydrogen-bond donors (Lipinski definition) is 1. The monoisotopic (exact) mass is 261 g/mol. The number of halogens is 3. The van der Waals surface area contributed by atoms with E-state index in [1.807, 2.05) is 30.3 Å². The molecule has 2 atom stereocenters. The quantitative estimate of drug-likeness (QED) is 0.851. The second-order valence-corrected chi connectivity index (χ2v) is 4.24. The van der Waals surface area contributed by atoms with Crippen LogP contribution in [0.5, 0.6) is 0 Å². The molecule has 18 heavy (non-hydrogen) atoms. The molecule has 0 aliphatic carbocycles. The first kappa shape index (κ1) is 15.0. The second kappa shape index (κ2) is 6.75. The smallest absolute Gasteiger partial charge is 0.375 e. The van der Waals surface area contributed by atoms with E-state index in [4.69, 9.17) is 10.5 Å². The Bertz CT molecular complexity index is 340. The van der Waals surface area contributed by atoms with Gasteiger partial charge in [-0.15, -0.1) is 0 Å². The molecule has 2 N–H and O–H groups in total. The lowest BCUT2D eigenvalue weighted by atomic mass is 9.98. The van der Waals surface area contributed by atoms with Crippen LogP contribution in [0.25, 0.3) is 0 Å². The maximum absolute atomic E-state index is 12.0. The summed E-state index contributed by atoms with van der Waals surface area (Å²) in [6.07, 6.45) is -4.97. The molecule has 0 spiro atoms. The predicted octanol–water partition coefficient (Wildman–Crippen LogP) is 3.43. The van der Waals surface area contributed by atoms with Gasteiger partial charge in [0, 0.05) is 19.6 Å². The van der Waals surface area contributed by atoms with Crippen molar-refractivity contribution in [3.8, 4) is 0 Å². The lowest BCUT2D eigenvalue weighted by Gasteiger charge is -2.23. The molecule has 2 nitrogen and oxygen atoms in total. The largest absolute Gasteiger partial charge is 0.389 e. The fourth-order valence-electron chi connectivity index (χ4n) is 1.89. The van der Waals surface area contributed by atoms with Crippen LogP contribution in [0.15, 0.2) is 30.3 Å². The van der Waals surface area contributed by atoms with E-state index >= 15 is 0 Å². The lowest BCUT2D eigenvalue weighted by Crippen LogP contribution is -2.30. The summed E-state index contributed by atoms with van der Waals surface area (Å²) < 4.78 is 41.4. The highest BCUT2D eigenvalue weighted by atomic mass is 19.4. The highest BCUT2D eigenvalue weighted by Crippen LogP contribution is 2.26. The maximum Gasteiger partial charge on any atom is 0.389 e. The highest BCUT2D eigenvalue weighted by Gasteiger charge is 2.27. The van der Waals surface area contributed by atoms with Crippen molar-refractivity contribution in [2.75, 3.05) is 7.11 Å². The first-order chi connectivity index (χ1) is 8.44. The Morgan fingerprint density at radius 3 is 2.33 bits per heavy atom. The van der Waals surface area contributed by atoms with Crippen molar-refractivity contribution in [3.63, 3.8) is 0 Å². The first-order valence-electron chi connectivity index (χ1n) is 5.84. The number of hydrogen-bond acceptors (Lipinski definition) is 2. The minimum atomic E-state index is -4.12. The minimum absolute atomic E-state index is 0.0252. The third kappa shape index (κ3) is 5.06. The Morgan fingerprint density at radius 1 is 1.22 bits per heavy atom. The van der Waals surface area contributed by atoms with Crippen molar-refractivity contribution >= 4 is 0 Å². The van der Waals surface area contributed by atoms with E-state index in [0.29, 0.717) is 0 Å². The third-order valence-corrected chi connectivity index (χ3v) is 2.77. The topological polar surface area (TPSA) is 35.2 Å². The molecule has 5 heteroatoms. The molecule has 0 saturated carbocycles. The van der Waals surface area contributed by atoms with Gasteiger partial charge in [0.05, 0.1) is 6.10 Å². The molecule has 1 aromatic carbocycles. The van der Waals surface area contributed by atoms with Gasteiger partial charge in [0.25, 0.3) is 0 Å². The normalized spacial score (nSPS) is 15.4. The van der Waals surface area contributed by atoms with E-state index in [1.54, 1.807) is 0 Å². The Labute approximate surface area is 105 Å². The number of benzene rings is 1. The average molecular weight is 261 g/mol. The van der Waals surface area contributed by atoms with Gasteiger partial charge in [0.1, 0.15) is 0 Å². The molecule has 1 rings (SSSR count). The van der Waals surface area contributed by atoms with Crippen molar-refractivity contribution in [2.45, 2.75) is 37.6 Å². The van der Waals surface area contributed by atoms with Gasteiger partial charge < -0.3 is 10.5 Å². The molecule has 0 bridgehead atoms. The second-order valence-electron chi connectivity index (χ2n) is 4.24. The van der Waals surface area contributed by atoms with Crippen LogP contribution in [0.2, 0.25) is 0 Å². The number of methoxy groups -OCH3 is 1. The van der Waals surface area contributed by atoms with E-state index < -0.39 is 18.6 Å². The third-order valence-electron chi connectivity index (χ3n) is 2.77. The Kier molecular flexibility index (Phi) is 5.62. The summed E-state index contributed by atoms with van der Waals surface area (Å²) in [5, 5.41) is 0. The van der Waals surface area contributed by atoms with Crippen molar-refractivity contribution in [3.05, 3.63) is 35.9 Å². The van der Waals surface area contributed by atoms with Crippen LogP contribution >= 0.6 is 0 Å². The fourth-order valence-corrected chi connectivity index (χ4v) is 1.89.